The minimum Gasteiger partial charge on any atom is -0.352 e. The quantitative estimate of drug-likeness (QED) is 0.251. The molecule has 3 rings (SSSR count). The molecule has 3 aromatic carbocycles. The fourth-order valence-corrected chi connectivity index (χ4v) is 6.17. The molecule has 1 N–H and O–H groups in total. The van der Waals surface area contributed by atoms with Gasteiger partial charge < -0.3 is 10.2 Å². The van der Waals surface area contributed by atoms with Gasteiger partial charge >= 0.3 is 0 Å². The van der Waals surface area contributed by atoms with Gasteiger partial charge in [-0.3, -0.25) is 13.9 Å². The molecule has 0 aliphatic rings. The summed E-state index contributed by atoms with van der Waals surface area (Å²) in [7, 11) is -4.10. The van der Waals surface area contributed by atoms with Crippen molar-refractivity contribution in [1.29, 1.82) is 0 Å². The van der Waals surface area contributed by atoms with Gasteiger partial charge in [-0.15, -0.1) is 0 Å². The maximum Gasteiger partial charge on any atom is 0.264 e. The Labute approximate surface area is 252 Å². The van der Waals surface area contributed by atoms with Crippen molar-refractivity contribution in [2.24, 2.45) is 0 Å². The lowest BCUT2D eigenvalue weighted by atomic mass is 10.0. The van der Waals surface area contributed by atoms with Gasteiger partial charge in [-0.25, -0.2) is 8.42 Å². The summed E-state index contributed by atoms with van der Waals surface area (Å²) in [4.78, 5) is 29.3. The topological polar surface area (TPSA) is 86.8 Å². The molecule has 0 aliphatic heterocycles. The number of nitrogens with zero attached hydrogens (tertiary/aromatic N) is 2. The number of anilines is 1. The SMILES string of the molecule is CC[C@H](C(=O)N[C@@H](C)CC)N(Cc1cccc(C)c1)C(=O)CN(c1ccc(C(C)C)cc1)S(=O)(=O)c1ccc(C)cc1. The number of benzene rings is 3. The smallest absolute Gasteiger partial charge is 0.264 e. The van der Waals surface area contributed by atoms with E-state index in [4.69, 9.17) is 0 Å². The molecule has 0 spiro atoms. The summed E-state index contributed by atoms with van der Waals surface area (Å²) in [6.45, 7) is 13.5. The Morgan fingerprint density at radius 2 is 1.48 bits per heavy atom. The lowest BCUT2D eigenvalue weighted by Gasteiger charge is -2.34. The summed E-state index contributed by atoms with van der Waals surface area (Å²) < 4.78 is 29.3. The van der Waals surface area contributed by atoms with Gasteiger partial charge in [-0.2, -0.15) is 0 Å². The first-order valence-corrected chi connectivity index (χ1v) is 16.2. The summed E-state index contributed by atoms with van der Waals surface area (Å²) in [6.07, 6.45) is 1.14. The van der Waals surface area contributed by atoms with E-state index in [2.05, 4.69) is 19.2 Å². The van der Waals surface area contributed by atoms with Crippen LogP contribution in [0.4, 0.5) is 5.69 Å². The van der Waals surface area contributed by atoms with Crippen molar-refractivity contribution in [3.63, 3.8) is 0 Å². The summed E-state index contributed by atoms with van der Waals surface area (Å²) in [5.74, 6) is -0.435. The average molecular weight is 592 g/mol. The van der Waals surface area contributed by atoms with E-state index in [0.717, 1.165) is 33.0 Å². The Balaban J connectivity index is 2.08. The molecule has 0 aliphatic carbocycles. The van der Waals surface area contributed by atoms with Gasteiger partial charge in [0, 0.05) is 12.6 Å². The van der Waals surface area contributed by atoms with Crippen molar-refractivity contribution in [3.05, 3.63) is 95.1 Å². The highest BCUT2D eigenvalue weighted by molar-refractivity contribution is 7.92. The molecular weight excluding hydrogens is 546 g/mol. The highest BCUT2D eigenvalue weighted by Crippen LogP contribution is 2.27. The van der Waals surface area contributed by atoms with Crippen LogP contribution in [0.1, 0.15) is 75.6 Å². The highest BCUT2D eigenvalue weighted by Gasteiger charge is 2.34. The maximum absolute atomic E-state index is 14.2. The molecule has 2 atom stereocenters. The van der Waals surface area contributed by atoms with E-state index in [1.54, 1.807) is 36.4 Å². The van der Waals surface area contributed by atoms with Crippen molar-refractivity contribution >= 4 is 27.5 Å². The van der Waals surface area contributed by atoms with E-state index in [0.29, 0.717) is 12.1 Å². The minimum absolute atomic E-state index is 0.0552. The second-order valence-corrected chi connectivity index (χ2v) is 13.2. The van der Waals surface area contributed by atoms with Gasteiger partial charge in [0.15, 0.2) is 0 Å². The molecule has 8 heteroatoms. The van der Waals surface area contributed by atoms with Crippen LogP contribution in [0.5, 0.6) is 0 Å². The zero-order valence-corrected chi connectivity index (χ0v) is 26.7. The van der Waals surface area contributed by atoms with Crippen LogP contribution in [-0.2, 0) is 26.2 Å². The third kappa shape index (κ3) is 8.22. The molecule has 0 saturated heterocycles. The lowest BCUT2D eigenvalue weighted by Crippen LogP contribution is -2.53. The lowest BCUT2D eigenvalue weighted by molar-refractivity contribution is -0.140. The largest absolute Gasteiger partial charge is 0.352 e. The molecule has 3 aromatic rings. The maximum atomic E-state index is 14.2. The number of aryl methyl sites for hydroxylation is 2. The number of hydrogen-bond donors (Lipinski definition) is 1. The van der Waals surface area contributed by atoms with Gasteiger partial charge in [-0.1, -0.05) is 87.4 Å². The molecule has 2 amide bonds. The molecule has 42 heavy (non-hydrogen) atoms. The standard InChI is InChI=1S/C34H45N3O4S/c1-8-27(7)35-34(39)32(9-2)36(22-28-12-10-11-26(6)21-28)33(38)23-37(30-17-15-29(16-18-30)24(3)4)42(40,41)31-19-13-25(5)14-20-31/h10-21,24,27,32H,8-9,22-23H2,1-7H3,(H,35,39)/t27-,32+/m0/s1. The molecule has 0 saturated carbocycles. The molecular formula is C34H45N3O4S. The van der Waals surface area contributed by atoms with Crippen LogP contribution in [-0.4, -0.2) is 43.8 Å². The first-order chi connectivity index (χ1) is 19.9. The van der Waals surface area contributed by atoms with E-state index in [-0.39, 0.29) is 29.3 Å². The molecule has 0 radical (unpaired) electrons. The molecule has 7 nitrogen and oxygen atoms in total. The van der Waals surface area contributed by atoms with Crippen molar-refractivity contribution in [2.75, 3.05) is 10.8 Å². The number of sulfonamides is 1. The Hall–Kier alpha value is -3.65. The van der Waals surface area contributed by atoms with Gasteiger partial charge in [0.1, 0.15) is 12.6 Å². The fraction of sp³-hybridized carbons (Fsp3) is 0.412. The molecule has 0 fully saturated rings. The second-order valence-electron chi connectivity index (χ2n) is 11.3. The van der Waals surface area contributed by atoms with Gasteiger partial charge in [-0.05, 0) is 74.9 Å². The number of nitrogens with one attached hydrogen (secondary N) is 1. The van der Waals surface area contributed by atoms with Crippen LogP contribution >= 0.6 is 0 Å². The van der Waals surface area contributed by atoms with Crippen molar-refractivity contribution in [1.82, 2.24) is 10.2 Å². The molecule has 0 unspecified atom stereocenters. The number of carbonyl (C=O) groups excluding carboxylic acids is 2. The molecule has 0 aromatic heterocycles. The third-order valence-corrected chi connectivity index (χ3v) is 9.35. The monoisotopic (exact) mass is 591 g/mol. The number of carbonyl (C=O) groups is 2. The van der Waals surface area contributed by atoms with E-state index in [1.807, 2.05) is 71.0 Å². The van der Waals surface area contributed by atoms with Crippen LogP contribution in [0, 0.1) is 13.8 Å². The van der Waals surface area contributed by atoms with Gasteiger partial charge in [0.05, 0.1) is 10.6 Å². The first-order valence-electron chi connectivity index (χ1n) is 14.7. The third-order valence-electron chi connectivity index (χ3n) is 7.56. The van der Waals surface area contributed by atoms with E-state index in [1.165, 1.54) is 4.90 Å². The Kier molecular flexibility index (Phi) is 11.3. The highest BCUT2D eigenvalue weighted by atomic mass is 32.2. The van der Waals surface area contributed by atoms with Crippen LogP contribution in [0.25, 0.3) is 0 Å². The van der Waals surface area contributed by atoms with Crippen molar-refractivity contribution < 1.29 is 18.0 Å². The molecule has 226 valence electrons. The predicted octanol–water partition coefficient (Wildman–Crippen LogP) is 6.34. The van der Waals surface area contributed by atoms with E-state index in [9.17, 15) is 18.0 Å². The minimum atomic E-state index is -4.10. The summed E-state index contributed by atoms with van der Waals surface area (Å²) in [6, 6.07) is 20.8. The second kappa shape index (κ2) is 14.5. The van der Waals surface area contributed by atoms with Crippen molar-refractivity contribution in [3.8, 4) is 0 Å². The average Bonchev–Trinajstić information content (AvgIpc) is 2.95. The van der Waals surface area contributed by atoms with Crippen molar-refractivity contribution in [2.45, 2.75) is 90.7 Å². The number of amides is 2. The number of rotatable bonds is 13. The zero-order chi connectivity index (χ0) is 31.0. The Bertz CT molecular complexity index is 1450. The summed E-state index contributed by atoms with van der Waals surface area (Å²) >= 11 is 0. The van der Waals surface area contributed by atoms with Crippen LogP contribution in [0.3, 0.4) is 0 Å². The van der Waals surface area contributed by atoms with Crippen LogP contribution in [0.2, 0.25) is 0 Å². The van der Waals surface area contributed by atoms with Gasteiger partial charge in [0.2, 0.25) is 11.8 Å². The Morgan fingerprint density at radius 3 is 2.02 bits per heavy atom. The predicted molar refractivity (Wildman–Crippen MR) is 170 cm³/mol. The first kappa shape index (κ1) is 32.9. The van der Waals surface area contributed by atoms with Crippen LogP contribution in [0.15, 0.2) is 77.7 Å². The van der Waals surface area contributed by atoms with Crippen LogP contribution < -0.4 is 9.62 Å². The van der Waals surface area contributed by atoms with E-state index < -0.39 is 28.5 Å². The zero-order valence-electron chi connectivity index (χ0n) is 25.9. The molecule has 0 heterocycles. The summed E-state index contributed by atoms with van der Waals surface area (Å²) in [5.41, 5.74) is 4.28. The normalized spacial score (nSPS) is 13.0. The Morgan fingerprint density at radius 1 is 0.833 bits per heavy atom. The molecule has 0 bridgehead atoms. The number of hydrogen-bond acceptors (Lipinski definition) is 4. The van der Waals surface area contributed by atoms with E-state index >= 15 is 0 Å². The van der Waals surface area contributed by atoms with Gasteiger partial charge in [0.25, 0.3) is 10.0 Å². The summed E-state index contributed by atoms with van der Waals surface area (Å²) in [5, 5.41) is 3.01. The fourth-order valence-electron chi connectivity index (χ4n) is 4.76.